The number of ether oxygens (including phenoxy) is 1. The van der Waals surface area contributed by atoms with Crippen LogP contribution in [0.15, 0.2) is 28.7 Å². The van der Waals surface area contributed by atoms with Crippen LogP contribution in [0.1, 0.15) is 24.8 Å². The first kappa shape index (κ1) is 18.9. The van der Waals surface area contributed by atoms with Crippen molar-refractivity contribution in [2.45, 2.75) is 24.8 Å². The molecule has 23 heavy (non-hydrogen) atoms. The average molecular weight is 405 g/mol. The fraction of sp³-hybridized carbons (Fsp3) is 0.625. The molecule has 0 amide bonds. The molecule has 2 rings (SSSR count). The number of benzene rings is 1. The number of hydrogen-bond acceptors (Lipinski definition) is 4. The lowest BCUT2D eigenvalue weighted by atomic mass is 9.82. The summed E-state index contributed by atoms with van der Waals surface area (Å²) in [7, 11) is 0.0161. The molecule has 0 aliphatic carbocycles. The highest BCUT2D eigenvalue weighted by Gasteiger charge is 2.33. The van der Waals surface area contributed by atoms with Gasteiger partial charge in [-0.2, -0.15) is 0 Å². The zero-order chi connectivity index (χ0) is 16.9. The number of hydrogen-bond donors (Lipinski definition) is 1. The van der Waals surface area contributed by atoms with Gasteiger partial charge >= 0.3 is 0 Å². The van der Waals surface area contributed by atoms with E-state index in [2.05, 4.69) is 33.4 Å². The molecule has 0 atom stereocenters. The second-order valence-corrected chi connectivity index (χ2v) is 9.30. The largest absolute Gasteiger partial charge is 0.381 e. The van der Waals surface area contributed by atoms with Gasteiger partial charge in [-0.3, -0.25) is 0 Å². The molecule has 1 aliphatic rings. The van der Waals surface area contributed by atoms with E-state index in [4.69, 9.17) is 4.74 Å². The maximum Gasteiger partial charge on any atom is 0.213 e. The summed E-state index contributed by atoms with van der Waals surface area (Å²) in [6, 6.07) is 8.31. The van der Waals surface area contributed by atoms with Crippen molar-refractivity contribution in [2.24, 2.45) is 0 Å². The van der Waals surface area contributed by atoms with Gasteiger partial charge in [0.05, 0.1) is 5.75 Å². The van der Waals surface area contributed by atoms with Gasteiger partial charge in [-0.05, 0) is 43.5 Å². The van der Waals surface area contributed by atoms with Gasteiger partial charge in [-0.15, -0.1) is 0 Å². The molecule has 130 valence electrons. The monoisotopic (exact) mass is 404 g/mol. The Morgan fingerprint density at radius 1 is 1.30 bits per heavy atom. The summed E-state index contributed by atoms with van der Waals surface area (Å²) < 4.78 is 31.5. The lowest BCUT2D eigenvalue weighted by Crippen LogP contribution is -2.47. The third-order valence-corrected chi connectivity index (χ3v) is 6.73. The Balaban J connectivity index is 2.02. The summed E-state index contributed by atoms with van der Waals surface area (Å²) in [6.07, 6.45) is 2.38. The van der Waals surface area contributed by atoms with Crippen LogP contribution in [-0.4, -0.2) is 52.3 Å². The molecule has 5 nitrogen and oxygen atoms in total. The fourth-order valence-electron chi connectivity index (χ4n) is 2.84. The highest BCUT2D eigenvalue weighted by molar-refractivity contribution is 9.10. The number of nitrogens with zero attached hydrogens (tertiary/aromatic N) is 1. The summed E-state index contributed by atoms with van der Waals surface area (Å²) in [5.74, 6) is 0.165. The maximum atomic E-state index is 11.8. The molecule has 1 saturated heterocycles. The normalized spacial score (nSPS) is 18.3. The molecule has 1 fully saturated rings. The van der Waals surface area contributed by atoms with E-state index in [1.54, 1.807) is 14.1 Å². The number of halogens is 1. The second kappa shape index (κ2) is 8.07. The van der Waals surface area contributed by atoms with Gasteiger partial charge in [-0.25, -0.2) is 12.7 Å². The molecule has 7 heteroatoms. The summed E-state index contributed by atoms with van der Waals surface area (Å²) >= 11 is 3.53. The van der Waals surface area contributed by atoms with Crippen LogP contribution in [0.25, 0.3) is 0 Å². The SMILES string of the molecule is CN(C)S(=O)(=O)CCCNC1(c2cccc(Br)c2)CCOCC1. The van der Waals surface area contributed by atoms with Crippen LogP contribution in [0.3, 0.4) is 0 Å². The molecular formula is C16H25BrN2O3S. The zero-order valence-corrected chi connectivity index (χ0v) is 16.1. The van der Waals surface area contributed by atoms with Crippen molar-refractivity contribution < 1.29 is 13.2 Å². The van der Waals surface area contributed by atoms with E-state index in [-0.39, 0.29) is 11.3 Å². The first-order valence-electron chi connectivity index (χ1n) is 7.85. The Morgan fingerprint density at radius 2 is 2.00 bits per heavy atom. The van der Waals surface area contributed by atoms with E-state index in [1.807, 2.05) is 12.1 Å². The first-order chi connectivity index (χ1) is 10.9. The fourth-order valence-corrected chi connectivity index (χ4v) is 4.11. The van der Waals surface area contributed by atoms with Gasteiger partial charge in [0, 0.05) is 37.3 Å². The van der Waals surface area contributed by atoms with E-state index in [1.165, 1.54) is 9.87 Å². The van der Waals surface area contributed by atoms with E-state index >= 15 is 0 Å². The van der Waals surface area contributed by atoms with Crippen molar-refractivity contribution in [3.8, 4) is 0 Å². The molecule has 0 bridgehead atoms. The predicted molar refractivity (Wildman–Crippen MR) is 96.0 cm³/mol. The van der Waals surface area contributed by atoms with Gasteiger partial charge in [-0.1, -0.05) is 28.1 Å². The van der Waals surface area contributed by atoms with Gasteiger partial charge in [0.2, 0.25) is 10.0 Å². The van der Waals surface area contributed by atoms with Crippen molar-refractivity contribution in [3.63, 3.8) is 0 Å². The standard InChI is InChI=1S/C16H25BrN2O3S/c1-19(2)23(20,21)12-4-9-18-16(7-10-22-11-8-16)14-5-3-6-15(17)13-14/h3,5-6,13,18H,4,7-12H2,1-2H3. The molecule has 1 heterocycles. The second-order valence-electron chi connectivity index (χ2n) is 6.08. The maximum absolute atomic E-state index is 11.8. The predicted octanol–water partition coefficient (Wildman–Crippen LogP) is 2.33. The smallest absolute Gasteiger partial charge is 0.213 e. The molecule has 0 unspecified atom stereocenters. The zero-order valence-electron chi connectivity index (χ0n) is 13.7. The Hall–Kier alpha value is -0.470. The molecule has 0 saturated carbocycles. The van der Waals surface area contributed by atoms with Crippen LogP contribution in [-0.2, 0) is 20.3 Å². The van der Waals surface area contributed by atoms with Crippen molar-refractivity contribution in [1.82, 2.24) is 9.62 Å². The highest BCUT2D eigenvalue weighted by atomic mass is 79.9. The number of nitrogens with one attached hydrogen (secondary N) is 1. The molecular weight excluding hydrogens is 380 g/mol. The van der Waals surface area contributed by atoms with Crippen LogP contribution in [0.5, 0.6) is 0 Å². The highest BCUT2D eigenvalue weighted by Crippen LogP contribution is 2.33. The minimum Gasteiger partial charge on any atom is -0.381 e. The lowest BCUT2D eigenvalue weighted by Gasteiger charge is -2.39. The Bertz CT molecular complexity index is 614. The molecule has 1 aliphatic heterocycles. The molecule has 0 radical (unpaired) electrons. The Labute approximate surface area is 147 Å². The van der Waals surface area contributed by atoms with Crippen LogP contribution in [0.2, 0.25) is 0 Å². The van der Waals surface area contributed by atoms with Crippen molar-refractivity contribution >= 4 is 26.0 Å². The van der Waals surface area contributed by atoms with Crippen LogP contribution >= 0.6 is 15.9 Å². The van der Waals surface area contributed by atoms with Gasteiger partial charge in [0.1, 0.15) is 0 Å². The average Bonchev–Trinajstić information content (AvgIpc) is 2.52. The quantitative estimate of drug-likeness (QED) is 0.708. The first-order valence-corrected chi connectivity index (χ1v) is 10.2. The van der Waals surface area contributed by atoms with Crippen molar-refractivity contribution in [2.75, 3.05) is 39.6 Å². The minimum atomic E-state index is -3.13. The molecule has 0 spiro atoms. The third-order valence-electron chi connectivity index (χ3n) is 4.32. The Kier molecular flexibility index (Phi) is 6.62. The van der Waals surface area contributed by atoms with Gasteiger partial charge in [0.25, 0.3) is 0 Å². The summed E-state index contributed by atoms with van der Waals surface area (Å²) in [5, 5.41) is 3.61. The molecule has 1 N–H and O–H groups in total. The van der Waals surface area contributed by atoms with Crippen molar-refractivity contribution in [1.29, 1.82) is 0 Å². The van der Waals surface area contributed by atoms with E-state index < -0.39 is 10.0 Å². The molecule has 1 aromatic rings. The van der Waals surface area contributed by atoms with Crippen LogP contribution in [0, 0.1) is 0 Å². The molecule has 1 aromatic carbocycles. The van der Waals surface area contributed by atoms with E-state index in [0.29, 0.717) is 13.0 Å². The third kappa shape index (κ3) is 5.00. The topological polar surface area (TPSA) is 58.6 Å². The van der Waals surface area contributed by atoms with Gasteiger partial charge < -0.3 is 10.1 Å². The van der Waals surface area contributed by atoms with Crippen LogP contribution in [0.4, 0.5) is 0 Å². The van der Waals surface area contributed by atoms with Crippen molar-refractivity contribution in [3.05, 3.63) is 34.3 Å². The number of rotatable bonds is 7. The molecule has 0 aromatic heterocycles. The minimum absolute atomic E-state index is 0.135. The van der Waals surface area contributed by atoms with Crippen LogP contribution < -0.4 is 5.32 Å². The van der Waals surface area contributed by atoms with E-state index in [0.717, 1.165) is 30.5 Å². The lowest BCUT2D eigenvalue weighted by molar-refractivity contribution is 0.0367. The summed E-state index contributed by atoms with van der Waals surface area (Å²) in [6.45, 7) is 2.10. The number of sulfonamides is 1. The Morgan fingerprint density at radius 3 is 2.61 bits per heavy atom. The summed E-state index contributed by atoms with van der Waals surface area (Å²) in [4.78, 5) is 0. The van der Waals surface area contributed by atoms with Gasteiger partial charge in [0.15, 0.2) is 0 Å². The van der Waals surface area contributed by atoms with E-state index in [9.17, 15) is 8.42 Å². The summed E-state index contributed by atoms with van der Waals surface area (Å²) in [5.41, 5.74) is 1.09.